The summed E-state index contributed by atoms with van der Waals surface area (Å²) in [6.07, 6.45) is -2.47. The van der Waals surface area contributed by atoms with E-state index in [4.69, 9.17) is 16.2 Å². The predicted octanol–water partition coefficient (Wildman–Crippen LogP) is -0.619. The SMILES string of the molecule is NC1=NCC[C@@H](C(F)(F)F)N1.NC[C@H]1OC[C@H]2CC21.O. The van der Waals surface area contributed by atoms with Gasteiger partial charge in [-0.2, -0.15) is 13.2 Å². The van der Waals surface area contributed by atoms with Crippen molar-refractivity contribution in [1.82, 2.24) is 5.32 Å². The molecule has 0 aromatic carbocycles. The topological polar surface area (TPSA) is 117 Å². The van der Waals surface area contributed by atoms with Crippen molar-refractivity contribution in [2.24, 2.45) is 28.3 Å². The van der Waals surface area contributed by atoms with Crippen molar-refractivity contribution < 1.29 is 23.4 Å². The van der Waals surface area contributed by atoms with E-state index in [0.29, 0.717) is 6.10 Å². The Morgan fingerprint density at radius 2 is 2.10 bits per heavy atom. The summed E-state index contributed by atoms with van der Waals surface area (Å²) < 4.78 is 41.2. The van der Waals surface area contributed by atoms with Crippen molar-refractivity contribution >= 4 is 5.96 Å². The molecule has 3 aliphatic rings. The average Bonchev–Trinajstić information content (AvgIpc) is 3.01. The summed E-state index contributed by atoms with van der Waals surface area (Å²) in [4.78, 5) is 3.58. The smallest absolute Gasteiger partial charge is 0.408 e. The van der Waals surface area contributed by atoms with Crippen LogP contribution in [0.3, 0.4) is 0 Å². The van der Waals surface area contributed by atoms with Gasteiger partial charge in [-0.05, 0) is 24.7 Å². The van der Waals surface area contributed by atoms with E-state index in [2.05, 4.69) is 10.3 Å². The van der Waals surface area contributed by atoms with E-state index in [1.54, 1.807) is 0 Å². The molecular formula is C11H21F3N4O2. The number of nitrogens with one attached hydrogen (secondary N) is 1. The molecule has 20 heavy (non-hydrogen) atoms. The van der Waals surface area contributed by atoms with Gasteiger partial charge in [-0.15, -0.1) is 0 Å². The Morgan fingerprint density at radius 1 is 1.40 bits per heavy atom. The fourth-order valence-corrected chi connectivity index (χ4v) is 2.39. The molecular weight excluding hydrogens is 277 g/mol. The van der Waals surface area contributed by atoms with E-state index in [0.717, 1.165) is 25.0 Å². The average molecular weight is 298 g/mol. The van der Waals surface area contributed by atoms with E-state index < -0.39 is 12.2 Å². The van der Waals surface area contributed by atoms with E-state index >= 15 is 0 Å². The first-order chi connectivity index (χ1) is 8.91. The molecule has 2 heterocycles. The van der Waals surface area contributed by atoms with Gasteiger partial charge in [0.05, 0.1) is 12.7 Å². The molecule has 2 fully saturated rings. The van der Waals surface area contributed by atoms with Crippen molar-refractivity contribution in [1.29, 1.82) is 0 Å². The maximum absolute atomic E-state index is 11.9. The van der Waals surface area contributed by atoms with Crippen molar-refractivity contribution in [2.45, 2.75) is 31.2 Å². The first kappa shape index (κ1) is 17.0. The molecule has 1 aliphatic carbocycles. The molecule has 0 amide bonds. The highest BCUT2D eigenvalue weighted by Crippen LogP contribution is 2.47. The molecule has 7 N–H and O–H groups in total. The van der Waals surface area contributed by atoms with E-state index in [1.807, 2.05) is 0 Å². The molecule has 3 rings (SSSR count). The Morgan fingerprint density at radius 3 is 2.40 bits per heavy atom. The van der Waals surface area contributed by atoms with Crippen LogP contribution in [0.15, 0.2) is 4.99 Å². The van der Waals surface area contributed by atoms with Crippen LogP contribution >= 0.6 is 0 Å². The van der Waals surface area contributed by atoms with Crippen molar-refractivity contribution in [3.63, 3.8) is 0 Å². The van der Waals surface area contributed by atoms with Crippen molar-refractivity contribution in [3.05, 3.63) is 0 Å². The van der Waals surface area contributed by atoms with Gasteiger partial charge in [-0.1, -0.05) is 0 Å². The third-order valence-electron chi connectivity index (χ3n) is 3.63. The molecule has 1 saturated heterocycles. The van der Waals surface area contributed by atoms with E-state index in [-0.39, 0.29) is 24.4 Å². The van der Waals surface area contributed by atoms with Crippen LogP contribution in [0.25, 0.3) is 0 Å². The van der Waals surface area contributed by atoms with Gasteiger partial charge in [-0.25, -0.2) is 0 Å². The summed E-state index contributed by atoms with van der Waals surface area (Å²) >= 11 is 0. The monoisotopic (exact) mass is 298 g/mol. The number of hydrogen-bond donors (Lipinski definition) is 3. The van der Waals surface area contributed by atoms with Crippen LogP contribution in [0.5, 0.6) is 0 Å². The van der Waals surface area contributed by atoms with Crippen LogP contribution in [0.2, 0.25) is 0 Å². The zero-order valence-corrected chi connectivity index (χ0v) is 11.0. The van der Waals surface area contributed by atoms with Crippen molar-refractivity contribution in [3.8, 4) is 0 Å². The summed E-state index contributed by atoms with van der Waals surface area (Å²) in [7, 11) is 0. The lowest BCUT2D eigenvalue weighted by Crippen LogP contribution is -2.51. The zero-order valence-electron chi connectivity index (χ0n) is 11.0. The lowest BCUT2D eigenvalue weighted by Gasteiger charge is -2.24. The van der Waals surface area contributed by atoms with Gasteiger partial charge in [0.1, 0.15) is 6.04 Å². The molecule has 1 unspecified atom stereocenters. The first-order valence-corrected chi connectivity index (χ1v) is 6.36. The third kappa shape index (κ3) is 4.22. The van der Waals surface area contributed by atoms with Crippen LogP contribution < -0.4 is 16.8 Å². The molecule has 118 valence electrons. The second-order valence-electron chi connectivity index (χ2n) is 5.06. The largest absolute Gasteiger partial charge is 0.412 e. The molecule has 0 spiro atoms. The summed E-state index contributed by atoms with van der Waals surface area (Å²) in [5, 5.41) is 2.06. The molecule has 0 bridgehead atoms. The van der Waals surface area contributed by atoms with Gasteiger partial charge in [0.2, 0.25) is 0 Å². The highest BCUT2D eigenvalue weighted by atomic mass is 19.4. The van der Waals surface area contributed by atoms with Crippen LogP contribution in [-0.4, -0.2) is 49.5 Å². The number of aliphatic imine (C=N–C) groups is 1. The summed E-state index contributed by atoms with van der Waals surface area (Å²) in [5.74, 6) is 1.61. The van der Waals surface area contributed by atoms with Gasteiger partial charge < -0.3 is 27.0 Å². The van der Waals surface area contributed by atoms with Crippen LogP contribution in [0, 0.1) is 11.8 Å². The number of halogens is 3. The molecule has 4 atom stereocenters. The van der Waals surface area contributed by atoms with Crippen LogP contribution in [-0.2, 0) is 4.74 Å². The fourth-order valence-electron chi connectivity index (χ4n) is 2.39. The zero-order chi connectivity index (χ0) is 14.0. The van der Waals surface area contributed by atoms with E-state index in [1.165, 1.54) is 6.42 Å². The quantitative estimate of drug-likeness (QED) is 0.598. The van der Waals surface area contributed by atoms with Gasteiger partial charge in [-0.3, -0.25) is 4.99 Å². The molecule has 9 heteroatoms. The van der Waals surface area contributed by atoms with Gasteiger partial charge in [0.15, 0.2) is 5.96 Å². The Balaban J connectivity index is 0.000000197. The van der Waals surface area contributed by atoms with E-state index in [9.17, 15) is 13.2 Å². The lowest BCUT2D eigenvalue weighted by molar-refractivity contribution is -0.153. The molecule has 1 saturated carbocycles. The fraction of sp³-hybridized carbons (Fsp3) is 0.909. The van der Waals surface area contributed by atoms with Crippen LogP contribution in [0.1, 0.15) is 12.8 Å². The normalized spacial score (nSPS) is 34.7. The highest BCUT2D eigenvalue weighted by molar-refractivity contribution is 5.78. The summed E-state index contributed by atoms with van der Waals surface area (Å²) in [5.41, 5.74) is 10.5. The molecule has 6 nitrogen and oxygen atoms in total. The Labute approximate surface area is 115 Å². The van der Waals surface area contributed by atoms with Crippen LogP contribution in [0.4, 0.5) is 13.2 Å². The lowest BCUT2D eigenvalue weighted by atomic mass is 10.2. The minimum Gasteiger partial charge on any atom is -0.412 e. The minimum atomic E-state index is -4.22. The maximum atomic E-state index is 11.9. The second kappa shape index (κ2) is 6.59. The first-order valence-electron chi connectivity index (χ1n) is 6.36. The van der Waals surface area contributed by atoms with Gasteiger partial charge in [0.25, 0.3) is 0 Å². The standard InChI is InChI=1S/C6H11NO.C5H8F3N3.H2O/c7-2-6-5-1-4(5)3-8-6;6-5(7,8)3-1-2-10-4(9)11-3;/h4-6H,1-3,7H2;3H,1-2H2,(H3,9,10,11);1H2/t4-,5?,6-;3-;/m10./s1. The Kier molecular flexibility index (Phi) is 5.60. The number of guanidine groups is 1. The second-order valence-corrected chi connectivity index (χ2v) is 5.06. The number of fused-ring (bicyclic) bond motifs is 1. The minimum absolute atomic E-state index is 0. The Bertz CT molecular complexity index is 351. The predicted molar refractivity (Wildman–Crippen MR) is 68.1 cm³/mol. The maximum Gasteiger partial charge on any atom is 0.408 e. The number of rotatable bonds is 1. The number of nitrogens with two attached hydrogens (primary N) is 2. The number of hydrogen-bond acceptors (Lipinski definition) is 5. The van der Waals surface area contributed by atoms with Gasteiger partial charge >= 0.3 is 6.18 Å². The number of nitrogens with zero attached hydrogens (tertiary/aromatic N) is 1. The molecule has 0 aromatic rings. The van der Waals surface area contributed by atoms with Crippen molar-refractivity contribution in [2.75, 3.05) is 19.7 Å². The third-order valence-corrected chi connectivity index (χ3v) is 3.63. The molecule has 0 radical (unpaired) electrons. The van der Waals surface area contributed by atoms with Gasteiger partial charge in [0, 0.05) is 13.1 Å². The molecule has 2 aliphatic heterocycles. The summed E-state index contributed by atoms with van der Waals surface area (Å²) in [6.45, 7) is 1.84. The molecule has 0 aromatic heterocycles. The Hall–Kier alpha value is -1.06. The number of ether oxygens (including phenoxy) is 1. The summed E-state index contributed by atoms with van der Waals surface area (Å²) in [6, 6.07) is -1.53. The number of alkyl halides is 3. The highest BCUT2D eigenvalue weighted by Gasteiger charge is 2.48.